The number of rotatable bonds is 3. The third kappa shape index (κ3) is 3.24. The third-order valence-electron chi connectivity index (χ3n) is 5.87. The molecular formula is C22H24ClN3O2. The van der Waals surface area contributed by atoms with E-state index in [2.05, 4.69) is 35.9 Å². The lowest BCUT2D eigenvalue weighted by molar-refractivity contribution is 0.0618. The fraction of sp³-hybridized carbons (Fsp3) is 0.364. The van der Waals surface area contributed by atoms with Crippen molar-refractivity contribution in [2.75, 3.05) is 26.7 Å². The average Bonchev–Trinajstić information content (AvgIpc) is 3.13. The van der Waals surface area contributed by atoms with Crippen molar-refractivity contribution in [1.29, 1.82) is 0 Å². The van der Waals surface area contributed by atoms with Gasteiger partial charge in [0, 0.05) is 37.1 Å². The summed E-state index contributed by atoms with van der Waals surface area (Å²) in [6.45, 7) is 6.49. The van der Waals surface area contributed by atoms with Gasteiger partial charge in [0.05, 0.1) is 18.7 Å². The van der Waals surface area contributed by atoms with Crippen LogP contribution in [0.5, 0.6) is 5.75 Å². The van der Waals surface area contributed by atoms with Gasteiger partial charge in [0.25, 0.3) is 5.91 Å². The third-order valence-corrected chi connectivity index (χ3v) is 6.09. The van der Waals surface area contributed by atoms with Crippen LogP contribution in [-0.4, -0.2) is 53.5 Å². The Hall–Kier alpha value is -2.53. The van der Waals surface area contributed by atoms with E-state index >= 15 is 0 Å². The molecule has 1 atom stereocenters. The van der Waals surface area contributed by atoms with E-state index in [0.29, 0.717) is 23.3 Å². The highest BCUT2D eigenvalue weighted by molar-refractivity contribution is 6.29. The Morgan fingerprint density at radius 2 is 2.00 bits per heavy atom. The number of aromatic nitrogens is 1. The van der Waals surface area contributed by atoms with E-state index in [-0.39, 0.29) is 5.91 Å². The number of carbonyl (C=O) groups excluding carboxylic acids is 1. The van der Waals surface area contributed by atoms with E-state index in [1.807, 2.05) is 11.0 Å². The summed E-state index contributed by atoms with van der Waals surface area (Å²) in [4.78, 5) is 21.2. The molecule has 3 heterocycles. The molecule has 0 radical (unpaired) electrons. The number of hydrogen-bond acceptors (Lipinski definition) is 4. The Balaban J connectivity index is 1.50. The number of hydrogen-bond donors (Lipinski definition) is 0. The van der Waals surface area contributed by atoms with E-state index in [9.17, 15) is 4.79 Å². The highest BCUT2D eigenvalue weighted by Gasteiger charge is 2.35. The molecule has 1 unspecified atom stereocenters. The first-order valence-electron chi connectivity index (χ1n) is 9.51. The molecule has 4 rings (SSSR count). The molecule has 146 valence electrons. The van der Waals surface area contributed by atoms with E-state index < -0.39 is 0 Å². The molecular weight excluding hydrogens is 374 g/mol. The zero-order valence-corrected chi connectivity index (χ0v) is 17.2. The molecule has 5 nitrogen and oxygen atoms in total. The fourth-order valence-corrected chi connectivity index (χ4v) is 4.28. The van der Waals surface area contributed by atoms with Crippen LogP contribution in [0.4, 0.5) is 0 Å². The van der Waals surface area contributed by atoms with Crippen LogP contribution in [0.1, 0.15) is 33.5 Å². The summed E-state index contributed by atoms with van der Waals surface area (Å²) in [5, 5.41) is 0.399. The monoisotopic (exact) mass is 397 g/mol. The number of fused-ring (bicyclic) bond motifs is 1. The number of nitrogens with zero attached hydrogens (tertiary/aromatic N) is 3. The van der Waals surface area contributed by atoms with Crippen LogP contribution >= 0.6 is 11.6 Å². The highest BCUT2D eigenvalue weighted by Crippen LogP contribution is 2.36. The molecule has 1 fully saturated rings. The first-order valence-corrected chi connectivity index (χ1v) is 9.89. The molecule has 1 saturated heterocycles. The van der Waals surface area contributed by atoms with Gasteiger partial charge in [0.2, 0.25) is 0 Å². The van der Waals surface area contributed by atoms with Crippen molar-refractivity contribution in [2.45, 2.75) is 26.3 Å². The SMILES string of the molecule is COc1ccc(C2=CCC3CN(C(=O)c4ccc(Cl)nc4)CCN23)c(C)c1C. The van der Waals surface area contributed by atoms with E-state index in [1.165, 1.54) is 22.4 Å². The minimum Gasteiger partial charge on any atom is -0.496 e. The summed E-state index contributed by atoms with van der Waals surface area (Å²) >= 11 is 5.83. The van der Waals surface area contributed by atoms with Gasteiger partial charge in [-0.05, 0) is 55.7 Å². The second-order valence-corrected chi connectivity index (χ2v) is 7.75. The Morgan fingerprint density at radius 1 is 1.18 bits per heavy atom. The second kappa shape index (κ2) is 7.47. The van der Waals surface area contributed by atoms with Crippen LogP contribution < -0.4 is 4.74 Å². The number of piperazine rings is 1. The Labute approximate surface area is 170 Å². The van der Waals surface area contributed by atoms with Crippen LogP contribution in [0.25, 0.3) is 5.70 Å². The van der Waals surface area contributed by atoms with E-state index in [4.69, 9.17) is 16.3 Å². The topological polar surface area (TPSA) is 45.7 Å². The van der Waals surface area contributed by atoms with Crippen LogP contribution in [-0.2, 0) is 0 Å². The number of methoxy groups -OCH3 is 1. The standard InChI is InChI=1S/C22H24ClN3O2/c1-14-15(2)20(28-3)8-6-18(14)19-7-5-17-13-25(10-11-26(17)19)22(27)16-4-9-21(23)24-12-16/h4,6-9,12,17H,5,10-11,13H2,1-3H3. The van der Waals surface area contributed by atoms with E-state index in [0.717, 1.165) is 25.3 Å². The maximum absolute atomic E-state index is 12.8. The number of carbonyl (C=O) groups is 1. The Morgan fingerprint density at radius 3 is 2.71 bits per heavy atom. The predicted octanol–water partition coefficient (Wildman–Crippen LogP) is 3.93. The molecule has 0 N–H and O–H groups in total. The van der Waals surface area contributed by atoms with Crippen molar-refractivity contribution < 1.29 is 9.53 Å². The second-order valence-electron chi connectivity index (χ2n) is 7.36. The van der Waals surface area contributed by atoms with Gasteiger partial charge in [0.1, 0.15) is 10.9 Å². The number of benzene rings is 1. The summed E-state index contributed by atoms with van der Waals surface area (Å²) in [6.07, 6.45) is 4.80. The van der Waals surface area contributed by atoms with Gasteiger partial charge in [-0.25, -0.2) is 4.98 Å². The van der Waals surface area contributed by atoms with Crippen LogP contribution in [0.3, 0.4) is 0 Å². The molecule has 0 spiro atoms. The number of amides is 1. The largest absolute Gasteiger partial charge is 0.496 e. The van der Waals surface area contributed by atoms with Crippen molar-refractivity contribution in [3.63, 3.8) is 0 Å². The summed E-state index contributed by atoms with van der Waals surface area (Å²) < 4.78 is 5.45. The van der Waals surface area contributed by atoms with Gasteiger partial charge in [-0.3, -0.25) is 4.79 Å². The van der Waals surface area contributed by atoms with Crippen molar-refractivity contribution in [1.82, 2.24) is 14.8 Å². The molecule has 0 saturated carbocycles. The van der Waals surface area contributed by atoms with Crippen LogP contribution in [0.2, 0.25) is 5.15 Å². The van der Waals surface area contributed by atoms with Gasteiger partial charge < -0.3 is 14.5 Å². The lowest BCUT2D eigenvalue weighted by atomic mass is 9.99. The van der Waals surface area contributed by atoms with Gasteiger partial charge in [-0.2, -0.15) is 0 Å². The molecule has 2 aromatic rings. The molecule has 2 aliphatic rings. The molecule has 1 amide bonds. The molecule has 2 aliphatic heterocycles. The minimum absolute atomic E-state index is 0.0220. The molecule has 1 aromatic heterocycles. The smallest absolute Gasteiger partial charge is 0.255 e. The van der Waals surface area contributed by atoms with Crippen LogP contribution in [0.15, 0.2) is 36.5 Å². The zero-order valence-electron chi connectivity index (χ0n) is 16.4. The minimum atomic E-state index is 0.0220. The highest BCUT2D eigenvalue weighted by atomic mass is 35.5. The first-order chi connectivity index (χ1) is 13.5. The number of pyridine rings is 1. The van der Waals surface area contributed by atoms with Crippen molar-refractivity contribution in [3.8, 4) is 5.75 Å². The summed E-state index contributed by atoms with van der Waals surface area (Å²) in [5.41, 5.74) is 5.53. The summed E-state index contributed by atoms with van der Waals surface area (Å²) in [6, 6.07) is 7.90. The summed E-state index contributed by atoms with van der Waals surface area (Å²) in [7, 11) is 1.71. The molecule has 0 aliphatic carbocycles. The normalized spacial score (nSPS) is 18.7. The van der Waals surface area contributed by atoms with Gasteiger partial charge in [0.15, 0.2) is 0 Å². The molecule has 1 aromatic carbocycles. The quantitative estimate of drug-likeness (QED) is 0.736. The average molecular weight is 398 g/mol. The Bertz CT molecular complexity index is 940. The van der Waals surface area contributed by atoms with Crippen LogP contribution in [0, 0.1) is 13.8 Å². The molecule has 6 heteroatoms. The lowest BCUT2D eigenvalue weighted by Crippen LogP contribution is -2.52. The maximum Gasteiger partial charge on any atom is 0.255 e. The number of ether oxygens (including phenoxy) is 1. The van der Waals surface area contributed by atoms with E-state index in [1.54, 1.807) is 25.4 Å². The fourth-order valence-electron chi connectivity index (χ4n) is 4.17. The zero-order chi connectivity index (χ0) is 19.8. The maximum atomic E-state index is 12.8. The first kappa shape index (κ1) is 18.8. The van der Waals surface area contributed by atoms with Gasteiger partial charge in [-0.15, -0.1) is 0 Å². The summed E-state index contributed by atoms with van der Waals surface area (Å²) in [5.74, 6) is 0.942. The molecule has 0 bridgehead atoms. The van der Waals surface area contributed by atoms with Crippen molar-refractivity contribution >= 4 is 23.2 Å². The predicted molar refractivity (Wildman–Crippen MR) is 111 cm³/mol. The van der Waals surface area contributed by atoms with Gasteiger partial charge >= 0.3 is 0 Å². The lowest BCUT2D eigenvalue weighted by Gasteiger charge is -2.40. The molecule has 28 heavy (non-hydrogen) atoms. The number of halogens is 1. The van der Waals surface area contributed by atoms with Gasteiger partial charge in [-0.1, -0.05) is 17.7 Å². The van der Waals surface area contributed by atoms with Crippen molar-refractivity contribution in [2.24, 2.45) is 0 Å². The van der Waals surface area contributed by atoms with Crippen molar-refractivity contribution in [3.05, 3.63) is 63.9 Å². The Kier molecular flexibility index (Phi) is 5.02.